The molecule has 2 nitrogen and oxygen atoms in total. The number of benzene rings is 6. The summed E-state index contributed by atoms with van der Waals surface area (Å²) in [4.78, 5) is 10.4. The fourth-order valence-electron chi connectivity index (χ4n) is 5.87. The largest absolute Gasteiger partial charge is 0.244 e. The molecular formula is C36H22N2S. The van der Waals surface area contributed by atoms with Gasteiger partial charge in [0.15, 0.2) is 0 Å². The molecule has 8 rings (SSSR count). The molecule has 0 amide bonds. The van der Waals surface area contributed by atoms with Gasteiger partial charge in [-0.2, -0.15) is 0 Å². The summed E-state index contributed by atoms with van der Waals surface area (Å²) in [5.41, 5.74) is 7.06. The molecule has 0 bridgehead atoms. The van der Waals surface area contributed by atoms with Crippen LogP contribution in [-0.2, 0) is 0 Å². The normalized spacial score (nSPS) is 11.6. The van der Waals surface area contributed by atoms with Crippen molar-refractivity contribution in [1.82, 2.24) is 9.97 Å². The minimum Gasteiger partial charge on any atom is -0.244 e. The number of thiazole rings is 1. The molecular weight excluding hydrogens is 492 g/mol. The molecule has 0 saturated heterocycles. The van der Waals surface area contributed by atoms with Gasteiger partial charge in [0.2, 0.25) is 0 Å². The average molecular weight is 515 g/mol. The number of fused-ring (bicyclic) bond motifs is 4. The fraction of sp³-hybridized carbons (Fsp3) is 0. The van der Waals surface area contributed by atoms with Crippen LogP contribution in [-0.4, -0.2) is 9.97 Å². The van der Waals surface area contributed by atoms with E-state index in [0.29, 0.717) is 0 Å². The number of hydrogen-bond acceptors (Lipinski definition) is 3. The Labute approximate surface area is 229 Å². The zero-order valence-corrected chi connectivity index (χ0v) is 21.8. The predicted molar refractivity (Wildman–Crippen MR) is 166 cm³/mol. The first-order valence-corrected chi connectivity index (χ1v) is 13.9. The van der Waals surface area contributed by atoms with Gasteiger partial charge in [-0.05, 0) is 72.8 Å². The van der Waals surface area contributed by atoms with Gasteiger partial charge in [0, 0.05) is 11.8 Å². The zero-order chi connectivity index (χ0) is 25.8. The van der Waals surface area contributed by atoms with E-state index < -0.39 is 0 Å². The van der Waals surface area contributed by atoms with Crippen LogP contribution in [0.2, 0.25) is 0 Å². The lowest BCUT2D eigenvalue weighted by atomic mass is 9.84. The van der Waals surface area contributed by atoms with Crippen LogP contribution in [0, 0.1) is 0 Å². The van der Waals surface area contributed by atoms with Gasteiger partial charge < -0.3 is 0 Å². The minimum absolute atomic E-state index is 0.943. The smallest absolute Gasteiger partial charge is 0.143 e. The third kappa shape index (κ3) is 3.55. The molecule has 0 aliphatic carbocycles. The average Bonchev–Trinajstić information content (AvgIpc) is 3.44. The highest BCUT2D eigenvalue weighted by atomic mass is 32.1. The van der Waals surface area contributed by atoms with Crippen LogP contribution in [0.5, 0.6) is 0 Å². The van der Waals surface area contributed by atoms with Gasteiger partial charge >= 0.3 is 0 Å². The number of aromatic nitrogens is 2. The molecule has 3 heteroatoms. The molecule has 0 atom stereocenters. The molecule has 39 heavy (non-hydrogen) atoms. The van der Waals surface area contributed by atoms with Crippen molar-refractivity contribution in [3.8, 4) is 32.8 Å². The predicted octanol–water partition coefficient (Wildman–Crippen LogP) is 10.2. The lowest BCUT2D eigenvalue weighted by Gasteiger charge is -2.19. The molecule has 182 valence electrons. The highest BCUT2D eigenvalue weighted by molar-refractivity contribution is 7.21. The van der Waals surface area contributed by atoms with Crippen LogP contribution >= 0.6 is 11.3 Å². The topological polar surface area (TPSA) is 25.8 Å². The Kier molecular flexibility index (Phi) is 5.04. The second-order valence-electron chi connectivity index (χ2n) is 9.80. The van der Waals surface area contributed by atoms with Crippen LogP contribution in [0.4, 0.5) is 0 Å². The van der Waals surface area contributed by atoms with Crippen LogP contribution in [0.3, 0.4) is 0 Å². The van der Waals surface area contributed by atoms with E-state index in [2.05, 4.69) is 120 Å². The first-order chi connectivity index (χ1) is 19.3. The van der Waals surface area contributed by atoms with Crippen molar-refractivity contribution in [2.75, 3.05) is 0 Å². The van der Waals surface area contributed by atoms with E-state index in [4.69, 9.17) is 4.98 Å². The molecule has 0 aliphatic heterocycles. The van der Waals surface area contributed by atoms with Gasteiger partial charge in [-0.1, -0.05) is 121 Å². The van der Waals surface area contributed by atoms with Gasteiger partial charge in [-0.15, -0.1) is 0 Å². The molecule has 0 radical (unpaired) electrons. The van der Waals surface area contributed by atoms with Gasteiger partial charge in [0.1, 0.15) is 15.4 Å². The summed E-state index contributed by atoms with van der Waals surface area (Å²) in [6.45, 7) is 0. The molecule has 0 aliphatic rings. The Balaban J connectivity index is 1.44. The summed E-state index contributed by atoms with van der Waals surface area (Å²) in [5.74, 6) is 0. The lowest BCUT2D eigenvalue weighted by Crippen LogP contribution is -1.91. The standard InChI is InChI=1S/C36H22N2S/c1-2-14-26-23(10-1)11-8-19-27(26)34-30-17-5-3-15-28(30)33(29-16-4-6-18-31(29)34)24-12-7-13-25(22-24)35-38-32-20-9-21-37-36(32)39-35/h1-22H. The molecule has 0 N–H and O–H groups in total. The van der Waals surface area contributed by atoms with E-state index in [1.54, 1.807) is 11.3 Å². The SMILES string of the molecule is c1cc(-c2nc3cccnc3s2)cc(-c2c3ccccc3c(-c3cccc4ccccc34)c3ccccc23)c1. The van der Waals surface area contributed by atoms with Gasteiger partial charge in [0.25, 0.3) is 0 Å². The summed E-state index contributed by atoms with van der Waals surface area (Å²) < 4.78 is 0. The van der Waals surface area contributed by atoms with E-state index in [1.165, 1.54) is 54.6 Å². The molecule has 0 saturated carbocycles. The van der Waals surface area contributed by atoms with E-state index in [0.717, 1.165) is 20.9 Å². The van der Waals surface area contributed by atoms with E-state index in [1.807, 2.05) is 18.3 Å². The molecule has 8 aromatic rings. The van der Waals surface area contributed by atoms with Crippen molar-refractivity contribution >= 4 is 54.0 Å². The second kappa shape index (κ2) is 8.87. The second-order valence-corrected chi connectivity index (χ2v) is 10.8. The maximum atomic E-state index is 4.88. The Morgan fingerprint density at radius 2 is 1.10 bits per heavy atom. The number of pyridine rings is 1. The molecule has 0 fully saturated rings. The summed E-state index contributed by atoms with van der Waals surface area (Å²) in [7, 11) is 0. The van der Waals surface area contributed by atoms with Crippen molar-refractivity contribution in [3.63, 3.8) is 0 Å². The van der Waals surface area contributed by atoms with Crippen LogP contribution in [0.1, 0.15) is 0 Å². The van der Waals surface area contributed by atoms with Crippen molar-refractivity contribution in [3.05, 3.63) is 134 Å². The lowest BCUT2D eigenvalue weighted by molar-refractivity contribution is 1.41. The summed E-state index contributed by atoms with van der Waals surface area (Å²) in [6, 6.07) is 45.7. The van der Waals surface area contributed by atoms with Crippen LogP contribution in [0.15, 0.2) is 134 Å². The van der Waals surface area contributed by atoms with Crippen molar-refractivity contribution in [2.24, 2.45) is 0 Å². The highest BCUT2D eigenvalue weighted by Gasteiger charge is 2.18. The zero-order valence-electron chi connectivity index (χ0n) is 21.0. The summed E-state index contributed by atoms with van der Waals surface area (Å²) >= 11 is 1.64. The third-order valence-corrected chi connectivity index (χ3v) is 8.58. The first-order valence-electron chi connectivity index (χ1n) is 13.1. The molecule has 0 unspecified atom stereocenters. The first kappa shape index (κ1) is 22.2. The monoisotopic (exact) mass is 514 g/mol. The van der Waals surface area contributed by atoms with Crippen molar-refractivity contribution in [2.45, 2.75) is 0 Å². The highest BCUT2D eigenvalue weighted by Crippen LogP contribution is 2.45. The summed E-state index contributed by atoms with van der Waals surface area (Å²) in [5, 5.41) is 8.55. The fourth-order valence-corrected chi connectivity index (χ4v) is 6.78. The quantitative estimate of drug-likeness (QED) is 0.219. The third-order valence-electron chi connectivity index (χ3n) is 7.56. The van der Waals surface area contributed by atoms with Gasteiger partial charge in [-0.25, -0.2) is 9.97 Å². The molecule has 6 aromatic carbocycles. The number of rotatable bonds is 3. The number of nitrogens with zero attached hydrogens (tertiary/aromatic N) is 2. The van der Waals surface area contributed by atoms with E-state index in [9.17, 15) is 0 Å². The van der Waals surface area contributed by atoms with Crippen LogP contribution < -0.4 is 0 Å². The van der Waals surface area contributed by atoms with Gasteiger partial charge in [-0.3, -0.25) is 0 Å². The van der Waals surface area contributed by atoms with Gasteiger partial charge in [0.05, 0.1) is 0 Å². The van der Waals surface area contributed by atoms with Crippen molar-refractivity contribution < 1.29 is 0 Å². The van der Waals surface area contributed by atoms with E-state index >= 15 is 0 Å². The summed E-state index contributed by atoms with van der Waals surface area (Å²) in [6.07, 6.45) is 1.83. The molecule has 2 aromatic heterocycles. The van der Waals surface area contributed by atoms with E-state index in [-0.39, 0.29) is 0 Å². The number of hydrogen-bond donors (Lipinski definition) is 0. The maximum Gasteiger partial charge on any atom is 0.143 e. The Bertz CT molecular complexity index is 2100. The maximum absolute atomic E-state index is 4.88. The van der Waals surface area contributed by atoms with Crippen molar-refractivity contribution in [1.29, 1.82) is 0 Å². The minimum atomic E-state index is 0.943. The molecule has 0 spiro atoms. The Hall–Kier alpha value is -4.86. The Morgan fingerprint density at radius 1 is 0.487 bits per heavy atom. The van der Waals surface area contributed by atoms with Crippen LogP contribution in [0.25, 0.3) is 75.5 Å². The Morgan fingerprint density at radius 3 is 1.85 bits per heavy atom. The molecule has 2 heterocycles.